The van der Waals surface area contributed by atoms with Crippen molar-refractivity contribution in [2.24, 2.45) is 0 Å². The first kappa shape index (κ1) is 18.1. The lowest BCUT2D eigenvalue weighted by Crippen LogP contribution is -2.15. The van der Waals surface area contributed by atoms with Gasteiger partial charge in [0.05, 0.1) is 43.2 Å². The summed E-state index contributed by atoms with van der Waals surface area (Å²) in [6.07, 6.45) is 0. The van der Waals surface area contributed by atoms with E-state index in [1.54, 1.807) is 32.4 Å². The van der Waals surface area contributed by atoms with Crippen molar-refractivity contribution in [1.82, 2.24) is 9.97 Å². The van der Waals surface area contributed by atoms with E-state index >= 15 is 0 Å². The lowest BCUT2D eigenvalue weighted by atomic mass is 10.1. The van der Waals surface area contributed by atoms with E-state index in [1.165, 1.54) is 18.9 Å². The molecule has 1 heterocycles. The van der Waals surface area contributed by atoms with Crippen LogP contribution < -0.4 is 14.2 Å². The number of hydrogen-bond acceptors (Lipinski definition) is 6. The maximum Gasteiger partial charge on any atom is 0.179 e. The largest absolute Gasteiger partial charge is 0.497 e. The van der Waals surface area contributed by atoms with Gasteiger partial charge >= 0.3 is 0 Å². The number of fused-ring (bicyclic) bond motifs is 1. The lowest BCUT2D eigenvalue weighted by molar-refractivity contribution is 0.0991. The highest BCUT2D eigenvalue weighted by molar-refractivity contribution is 8.00. The zero-order valence-electron chi connectivity index (χ0n) is 15.0. The number of ketones is 1. The number of thioether (sulfide) groups is 1. The van der Waals surface area contributed by atoms with Gasteiger partial charge in [-0.1, -0.05) is 11.8 Å². The van der Waals surface area contributed by atoms with Crippen molar-refractivity contribution in [3.63, 3.8) is 0 Å². The molecule has 26 heavy (non-hydrogen) atoms. The minimum absolute atomic E-state index is 0.0347. The monoisotopic (exact) mass is 372 g/mol. The van der Waals surface area contributed by atoms with Gasteiger partial charge < -0.3 is 19.2 Å². The van der Waals surface area contributed by atoms with Crippen LogP contribution in [0.25, 0.3) is 11.0 Å². The SMILES string of the molecule is COc1ccc(C(=O)C(C)Sc2nc3ccc(OC)cc3[nH]2)c(OC)c1. The van der Waals surface area contributed by atoms with Crippen molar-refractivity contribution in [3.05, 3.63) is 42.0 Å². The highest BCUT2D eigenvalue weighted by Gasteiger charge is 2.22. The number of aromatic amines is 1. The fourth-order valence-electron chi connectivity index (χ4n) is 2.59. The Hall–Kier alpha value is -2.67. The van der Waals surface area contributed by atoms with E-state index in [2.05, 4.69) is 9.97 Å². The van der Waals surface area contributed by atoms with Gasteiger partial charge in [-0.3, -0.25) is 4.79 Å². The van der Waals surface area contributed by atoms with Crippen LogP contribution in [-0.4, -0.2) is 42.3 Å². The predicted molar refractivity (Wildman–Crippen MR) is 102 cm³/mol. The fraction of sp³-hybridized carbons (Fsp3) is 0.263. The Morgan fingerprint density at radius 2 is 1.73 bits per heavy atom. The minimum Gasteiger partial charge on any atom is -0.497 e. The number of hydrogen-bond donors (Lipinski definition) is 1. The van der Waals surface area contributed by atoms with Crippen LogP contribution in [0.2, 0.25) is 0 Å². The summed E-state index contributed by atoms with van der Waals surface area (Å²) in [5.41, 5.74) is 2.22. The van der Waals surface area contributed by atoms with E-state index in [0.29, 0.717) is 22.2 Å². The molecule has 3 rings (SSSR count). The van der Waals surface area contributed by atoms with Crippen LogP contribution >= 0.6 is 11.8 Å². The molecule has 0 spiro atoms. The van der Waals surface area contributed by atoms with E-state index in [4.69, 9.17) is 14.2 Å². The van der Waals surface area contributed by atoms with Crippen LogP contribution in [0.1, 0.15) is 17.3 Å². The summed E-state index contributed by atoms with van der Waals surface area (Å²) in [7, 11) is 4.73. The van der Waals surface area contributed by atoms with Crippen LogP contribution in [0.3, 0.4) is 0 Å². The Morgan fingerprint density at radius 3 is 2.42 bits per heavy atom. The van der Waals surface area contributed by atoms with Crippen LogP contribution in [-0.2, 0) is 0 Å². The van der Waals surface area contributed by atoms with Crippen molar-refractivity contribution in [2.45, 2.75) is 17.3 Å². The summed E-state index contributed by atoms with van der Waals surface area (Å²) < 4.78 is 15.7. The first-order chi connectivity index (χ1) is 12.5. The lowest BCUT2D eigenvalue weighted by Gasteiger charge is -2.13. The zero-order valence-corrected chi connectivity index (χ0v) is 15.8. The van der Waals surface area contributed by atoms with Crippen molar-refractivity contribution < 1.29 is 19.0 Å². The number of H-pyrrole nitrogens is 1. The molecule has 7 heteroatoms. The summed E-state index contributed by atoms with van der Waals surface area (Å²) in [5, 5.41) is 0.348. The van der Waals surface area contributed by atoms with E-state index in [0.717, 1.165) is 16.8 Å². The van der Waals surface area contributed by atoms with Crippen molar-refractivity contribution in [2.75, 3.05) is 21.3 Å². The van der Waals surface area contributed by atoms with Crippen LogP contribution in [0.4, 0.5) is 0 Å². The molecule has 0 saturated heterocycles. The number of rotatable bonds is 7. The van der Waals surface area contributed by atoms with E-state index in [9.17, 15) is 4.79 Å². The Labute approximate surface area is 155 Å². The van der Waals surface area contributed by atoms with Crippen LogP contribution in [0, 0.1) is 0 Å². The number of ether oxygens (including phenoxy) is 3. The average Bonchev–Trinajstić information content (AvgIpc) is 3.07. The smallest absolute Gasteiger partial charge is 0.179 e. The molecule has 3 aromatic rings. The summed E-state index contributed by atoms with van der Waals surface area (Å²) in [6, 6.07) is 10.8. The number of nitrogens with one attached hydrogen (secondary N) is 1. The molecule has 0 saturated carbocycles. The second-order valence-electron chi connectivity index (χ2n) is 5.62. The quantitative estimate of drug-likeness (QED) is 0.500. The summed E-state index contributed by atoms with van der Waals surface area (Å²) in [5.74, 6) is 1.86. The number of imidazole rings is 1. The second kappa shape index (κ2) is 7.70. The molecular formula is C19H20N2O4S. The number of benzene rings is 2. The van der Waals surface area contributed by atoms with Gasteiger partial charge in [-0.05, 0) is 31.2 Å². The molecule has 0 amide bonds. The zero-order chi connectivity index (χ0) is 18.7. The number of carbonyl (C=O) groups is 1. The van der Waals surface area contributed by atoms with Gasteiger partial charge in [-0.15, -0.1) is 0 Å². The van der Waals surface area contributed by atoms with E-state index in [1.807, 2.05) is 25.1 Å². The van der Waals surface area contributed by atoms with Crippen molar-refractivity contribution in [1.29, 1.82) is 0 Å². The molecule has 1 N–H and O–H groups in total. The summed E-state index contributed by atoms with van der Waals surface area (Å²) in [6.45, 7) is 1.85. The Balaban J connectivity index is 1.81. The third kappa shape index (κ3) is 3.62. The van der Waals surface area contributed by atoms with Gasteiger partial charge in [-0.2, -0.15) is 0 Å². The topological polar surface area (TPSA) is 73.4 Å². The molecule has 0 aliphatic rings. The second-order valence-corrected chi connectivity index (χ2v) is 6.95. The number of methoxy groups -OCH3 is 3. The maximum absolute atomic E-state index is 12.8. The molecule has 2 aromatic carbocycles. The van der Waals surface area contributed by atoms with Gasteiger partial charge in [0.2, 0.25) is 0 Å². The molecule has 6 nitrogen and oxygen atoms in total. The summed E-state index contributed by atoms with van der Waals surface area (Å²) >= 11 is 1.37. The Kier molecular flexibility index (Phi) is 5.37. The molecule has 0 radical (unpaired) electrons. The molecule has 136 valence electrons. The van der Waals surface area contributed by atoms with Crippen LogP contribution in [0.15, 0.2) is 41.6 Å². The average molecular weight is 372 g/mol. The first-order valence-electron chi connectivity index (χ1n) is 8.02. The molecular weight excluding hydrogens is 352 g/mol. The normalized spacial score (nSPS) is 12.0. The molecule has 1 aromatic heterocycles. The molecule has 0 aliphatic heterocycles. The first-order valence-corrected chi connectivity index (χ1v) is 8.90. The Bertz CT molecular complexity index is 938. The fourth-order valence-corrected chi connectivity index (χ4v) is 3.48. The van der Waals surface area contributed by atoms with E-state index < -0.39 is 0 Å². The van der Waals surface area contributed by atoms with Crippen molar-refractivity contribution in [3.8, 4) is 17.2 Å². The standard InChI is InChI=1S/C19H20N2O4S/c1-11(18(22)14-7-5-13(24-3)10-17(14)25-4)26-19-20-15-8-6-12(23-2)9-16(15)21-19/h5-11H,1-4H3,(H,20,21). The van der Waals surface area contributed by atoms with E-state index in [-0.39, 0.29) is 11.0 Å². The molecule has 1 atom stereocenters. The third-order valence-corrected chi connectivity index (χ3v) is 4.98. The van der Waals surface area contributed by atoms with Gasteiger partial charge in [0.15, 0.2) is 10.9 Å². The van der Waals surface area contributed by atoms with Crippen molar-refractivity contribution >= 4 is 28.6 Å². The van der Waals surface area contributed by atoms with Gasteiger partial charge in [0.1, 0.15) is 17.2 Å². The molecule has 0 bridgehead atoms. The Morgan fingerprint density at radius 1 is 1.04 bits per heavy atom. The molecule has 0 aliphatic carbocycles. The number of Topliss-reactive ketones (excluding diaryl/α,β-unsaturated/α-hetero) is 1. The highest BCUT2D eigenvalue weighted by Crippen LogP contribution is 2.31. The number of nitrogens with zero attached hydrogens (tertiary/aromatic N) is 1. The van der Waals surface area contributed by atoms with Gasteiger partial charge in [0.25, 0.3) is 0 Å². The predicted octanol–water partition coefficient (Wildman–Crippen LogP) is 3.95. The number of carbonyl (C=O) groups excluding carboxylic acids is 1. The minimum atomic E-state index is -0.334. The van der Waals surface area contributed by atoms with Gasteiger partial charge in [-0.25, -0.2) is 4.98 Å². The molecule has 1 unspecified atom stereocenters. The van der Waals surface area contributed by atoms with Gasteiger partial charge in [0, 0.05) is 12.1 Å². The van der Waals surface area contributed by atoms with Crippen LogP contribution in [0.5, 0.6) is 17.2 Å². The number of aromatic nitrogens is 2. The maximum atomic E-state index is 12.8. The highest BCUT2D eigenvalue weighted by atomic mass is 32.2. The molecule has 0 fully saturated rings. The third-order valence-electron chi connectivity index (χ3n) is 4.00. The summed E-state index contributed by atoms with van der Waals surface area (Å²) in [4.78, 5) is 20.6.